The first kappa shape index (κ1) is 23.0. The molecule has 0 aliphatic heterocycles. The predicted octanol–water partition coefficient (Wildman–Crippen LogP) is 3.77. The van der Waals surface area contributed by atoms with Crippen LogP contribution in [0, 0.1) is 0 Å². The summed E-state index contributed by atoms with van der Waals surface area (Å²) < 4.78 is 0. The molecule has 25 heavy (non-hydrogen) atoms. The number of aliphatic carboxylic acids is 1. The topological polar surface area (TPSA) is 91.7 Å². The molecule has 140 valence electrons. The Morgan fingerprint density at radius 3 is 2.00 bits per heavy atom. The molecule has 1 atom stereocenters. The second-order valence-corrected chi connectivity index (χ2v) is 5.88. The van der Waals surface area contributed by atoms with Crippen LogP contribution in [0.2, 0.25) is 0 Å². The predicted molar refractivity (Wildman–Crippen MR) is 98.3 cm³/mol. The number of carbonyl (C=O) groups excluding carboxylic acids is 2. The van der Waals surface area contributed by atoms with Crippen LogP contribution < -0.4 is 0 Å². The highest BCUT2D eigenvalue weighted by Crippen LogP contribution is 2.08. The lowest BCUT2D eigenvalue weighted by molar-refractivity contribution is -0.155. The number of Topliss-reactive ketones (excluding diaryl/α,β-unsaturated/α-hetero) is 2. The number of hydrogen-bond acceptors (Lipinski definition) is 4. The number of aliphatic hydroxyl groups is 1. The molecule has 0 aromatic rings. The Bertz CT molecular complexity index is 488. The first-order valence-corrected chi connectivity index (χ1v) is 8.97. The molecule has 0 aliphatic rings. The number of aliphatic hydroxyl groups excluding tert-OH is 1. The molecule has 0 aromatic carbocycles. The molecular formula is C20H30O5. The van der Waals surface area contributed by atoms with Gasteiger partial charge in [0.25, 0.3) is 0 Å². The highest BCUT2D eigenvalue weighted by molar-refractivity contribution is 6.42. The Hall–Kier alpha value is -2.01. The molecule has 0 fully saturated rings. The van der Waals surface area contributed by atoms with Gasteiger partial charge in [-0.25, -0.2) is 4.79 Å². The molecule has 5 nitrogen and oxygen atoms in total. The van der Waals surface area contributed by atoms with Gasteiger partial charge in [0.1, 0.15) is 0 Å². The Labute approximate surface area is 150 Å². The molecule has 0 amide bonds. The quantitative estimate of drug-likeness (QED) is 0.203. The van der Waals surface area contributed by atoms with Crippen molar-refractivity contribution < 1.29 is 24.6 Å². The lowest BCUT2D eigenvalue weighted by Gasteiger charge is -2.00. The minimum atomic E-state index is -2.27. The molecule has 0 aliphatic carbocycles. The van der Waals surface area contributed by atoms with Crippen molar-refractivity contribution in [2.24, 2.45) is 0 Å². The van der Waals surface area contributed by atoms with E-state index in [1.807, 2.05) is 12.2 Å². The van der Waals surface area contributed by atoms with Crippen LogP contribution in [0.5, 0.6) is 0 Å². The van der Waals surface area contributed by atoms with Crippen molar-refractivity contribution in [1.82, 2.24) is 0 Å². The van der Waals surface area contributed by atoms with E-state index in [1.54, 1.807) is 12.2 Å². The van der Waals surface area contributed by atoms with E-state index in [2.05, 4.69) is 13.0 Å². The maximum atomic E-state index is 11.3. The molecule has 0 bridgehead atoms. The average Bonchev–Trinajstić information content (AvgIpc) is 2.60. The van der Waals surface area contributed by atoms with Gasteiger partial charge in [-0.1, -0.05) is 81.9 Å². The summed E-state index contributed by atoms with van der Waals surface area (Å²) in [4.78, 5) is 32.9. The number of allylic oxidation sites excluding steroid dienone is 6. The second-order valence-electron chi connectivity index (χ2n) is 5.88. The fourth-order valence-corrected chi connectivity index (χ4v) is 2.14. The van der Waals surface area contributed by atoms with E-state index in [0.717, 1.165) is 6.42 Å². The zero-order valence-corrected chi connectivity index (χ0v) is 15.0. The van der Waals surface area contributed by atoms with Gasteiger partial charge < -0.3 is 10.2 Å². The Morgan fingerprint density at radius 1 is 0.840 bits per heavy atom. The number of carboxylic acids is 1. The van der Waals surface area contributed by atoms with Gasteiger partial charge in [-0.05, 0) is 12.8 Å². The average molecular weight is 350 g/mol. The van der Waals surface area contributed by atoms with Crippen LogP contribution in [0.25, 0.3) is 0 Å². The molecule has 0 spiro atoms. The largest absolute Gasteiger partial charge is 0.479 e. The van der Waals surface area contributed by atoms with Gasteiger partial charge in [0, 0.05) is 6.42 Å². The molecule has 2 N–H and O–H groups in total. The number of carbonyl (C=O) groups is 3. The van der Waals surface area contributed by atoms with Crippen LogP contribution in [0.15, 0.2) is 36.5 Å². The van der Waals surface area contributed by atoms with Gasteiger partial charge in [-0.3, -0.25) is 9.59 Å². The zero-order chi connectivity index (χ0) is 18.9. The summed E-state index contributed by atoms with van der Waals surface area (Å²) in [5.41, 5.74) is 0. The van der Waals surface area contributed by atoms with Crippen molar-refractivity contribution in [3.05, 3.63) is 36.5 Å². The minimum Gasteiger partial charge on any atom is -0.479 e. The fraction of sp³-hybridized carbons (Fsp3) is 0.550. The third-order valence-electron chi connectivity index (χ3n) is 3.64. The highest BCUT2D eigenvalue weighted by Gasteiger charge is 2.27. The van der Waals surface area contributed by atoms with Gasteiger partial charge in [0.05, 0.1) is 0 Å². The highest BCUT2D eigenvalue weighted by atomic mass is 16.4. The maximum Gasteiger partial charge on any atom is 0.340 e. The summed E-state index contributed by atoms with van der Waals surface area (Å²) in [5.74, 6) is -3.93. The summed E-state index contributed by atoms with van der Waals surface area (Å²) >= 11 is 0. The fourth-order valence-electron chi connectivity index (χ4n) is 2.14. The van der Waals surface area contributed by atoms with Crippen molar-refractivity contribution in [2.45, 2.75) is 70.8 Å². The molecular weight excluding hydrogens is 320 g/mol. The molecule has 0 saturated heterocycles. The number of hydrogen-bond donors (Lipinski definition) is 2. The summed E-state index contributed by atoms with van der Waals surface area (Å²) in [7, 11) is 0. The third kappa shape index (κ3) is 13.0. The van der Waals surface area contributed by atoms with E-state index in [9.17, 15) is 14.4 Å². The van der Waals surface area contributed by atoms with Gasteiger partial charge in [0.2, 0.25) is 17.7 Å². The van der Waals surface area contributed by atoms with Crippen LogP contribution >= 0.6 is 0 Å². The van der Waals surface area contributed by atoms with Crippen molar-refractivity contribution >= 4 is 17.5 Å². The number of rotatable bonds is 15. The molecule has 5 heteroatoms. The van der Waals surface area contributed by atoms with Crippen molar-refractivity contribution in [2.75, 3.05) is 0 Å². The van der Waals surface area contributed by atoms with Crippen LogP contribution in [-0.4, -0.2) is 33.9 Å². The van der Waals surface area contributed by atoms with Gasteiger partial charge >= 0.3 is 5.97 Å². The Balaban J connectivity index is 3.76. The van der Waals surface area contributed by atoms with Gasteiger partial charge in [-0.15, -0.1) is 0 Å². The number of carboxylic acid groups (broad SMARTS) is 1. The molecule has 1 unspecified atom stereocenters. The van der Waals surface area contributed by atoms with Crippen LogP contribution in [0.3, 0.4) is 0 Å². The summed E-state index contributed by atoms with van der Waals surface area (Å²) in [6, 6.07) is 0. The molecule has 0 aromatic heterocycles. The maximum absolute atomic E-state index is 11.3. The van der Waals surface area contributed by atoms with Crippen molar-refractivity contribution in [3.8, 4) is 0 Å². The lowest BCUT2D eigenvalue weighted by atomic mass is 10.1. The van der Waals surface area contributed by atoms with Gasteiger partial charge in [-0.2, -0.15) is 0 Å². The first-order chi connectivity index (χ1) is 12.0. The second kappa shape index (κ2) is 15.5. The molecule has 0 heterocycles. The van der Waals surface area contributed by atoms with Crippen LogP contribution in [-0.2, 0) is 14.4 Å². The lowest BCUT2D eigenvalue weighted by Crippen LogP contribution is -2.34. The molecule has 0 saturated carbocycles. The molecule has 0 rings (SSSR count). The number of ketones is 2. The Kier molecular flexibility index (Phi) is 14.3. The van der Waals surface area contributed by atoms with E-state index in [4.69, 9.17) is 10.2 Å². The van der Waals surface area contributed by atoms with E-state index in [0.29, 0.717) is 0 Å². The molecule has 0 radical (unpaired) electrons. The SMILES string of the molecule is CCCCCCCCCC=CC=CC=CCC(=O)C(=O)C(O)C(=O)O. The minimum absolute atomic E-state index is 0.227. The normalized spacial score (nSPS) is 13.0. The summed E-state index contributed by atoms with van der Waals surface area (Å²) in [6.45, 7) is 2.22. The first-order valence-electron chi connectivity index (χ1n) is 8.97. The third-order valence-corrected chi connectivity index (χ3v) is 3.64. The van der Waals surface area contributed by atoms with Crippen molar-refractivity contribution in [1.29, 1.82) is 0 Å². The zero-order valence-electron chi connectivity index (χ0n) is 15.0. The van der Waals surface area contributed by atoms with Gasteiger partial charge in [0.15, 0.2) is 0 Å². The standard InChI is InChI=1S/C20H30O5/c1-2-3-4-5-6-7-8-9-10-11-12-13-14-15-16-17(21)18(22)19(23)20(24)25/h10-15,19,23H,2-9,16H2,1H3,(H,24,25). The summed E-state index contributed by atoms with van der Waals surface area (Å²) in [6.07, 6.45) is 18.2. The van der Waals surface area contributed by atoms with Crippen LogP contribution in [0.1, 0.15) is 64.7 Å². The van der Waals surface area contributed by atoms with Crippen LogP contribution in [0.4, 0.5) is 0 Å². The van der Waals surface area contributed by atoms with E-state index in [1.165, 1.54) is 51.0 Å². The monoisotopic (exact) mass is 350 g/mol. The summed E-state index contributed by atoms with van der Waals surface area (Å²) in [5, 5.41) is 17.4. The Morgan fingerprint density at radius 2 is 1.40 bits per heavy atom. The van der Waals surface area contributed by atoms with Crippen molar-refractivity contribution in [3.63, 3.8) is 0 Å². The van der Waals surface area contributed by atoms with E-state index < -0.39 is 23.6 Å². The van der Waals surface area contributed by atoms with E-state index >= 15 is 0 Å². The number of unbranched alkanes of at least 4 members (excludes halogenated alkanes) is 7. The van der Waals surface area contributed by atoms with E-state index in [-0.39, 0.29) is 6.42 Å². The smallest absolute Gasteiger partial charge is 0.340 e.